The molecule has 6 heteroatoms. The third-order valence-electron chi connectivity index (χ3n) is 6.96. The lowest BCUT2D eigenvalue weighted by atomic mass is 9.72. The van der Waals surface area contributed by atoms with Crippen LogP contribution in [0.2, 0.25) is 0 Å². The molecule has 0 saturated carbocycles. The molecule has 2 amide bonds. The summed E-state index contributed by atoms with van der Waals surface area (Å²) in [7, 11) is 0. The van der Waals surface area contributed by atoms with Gasteiger partial charge in [-0.2, -0.15) is 0 Å². The van der Waals surface area contributed by atoms with Gasteiger partial charge in [0.25, 0.3) is 11.8 Å². The third kappa shape index (κ3) is 4.96. The lowest BCUT2D eigenvalue weighted by Gasteiger charge is -2.34. The average molecular weight is 518 g/mol. The van der Waals surface area contributed by atoms with Crippen LogP contribution < -0.4 is 5.32 Å². The molecule has 0 bridgehead atoms. The van der Waals surface area contributed by atoms with Crippen molar-refractivity contribution in [2.24, 2.45) is 17.3 Å². The summed E-state index contributed by atoms with van der Waals surface area (Å²) in [6.45, 7) is 10.7. The Labute approximate surface area is 203 Å². The van der Waals surface area contributed by atoms with Crippen LogP contribution in [-0.2, 0) is 12.8 Å². The number of hydrogen-bond donors (Lipinski definition) is 1. The van der Waals surface area contributed by atoms with E-state index in [9.17, 15) is 9.59 Å². The van der Waals surface area contributed by atoms with E-state index in [4.69, 9.17) is 0 Å². The minimum atomic E-state index is -0.168. The van der Waals surface area contributed by atoms with Gasteiger partial charge in [-0.3, -0.25) is 9.59 Å². The molecule has 2 aromatic rings. The maximum Gasteiger partial charge on any atom is 0.257 e. The Morgan fingerprint density at radius 3 is 2.69 bits per heavy atom. The Balaban J connectivity index is 1.69. The molecule has 172 valence electrons. The van der Waals surface area contributed by atoms with Crippen molar-refractivity contribution >= 4 is 44.1 Å². The summed E-state index contributed by atoms with van der Waals surface area (Å²) in [6.07, 6.45) is 5.19. The van der Waals surface area contributed by atoms with E-state index in [0.29, 0.717) is 17.4 Å². The highest BCUT2D eigenvalue weighted by atomic mass is 79.9. The number of halogens is 1. The average Bonchev–Trinajstić information content (AvgIpc) is 3.09. The predicted octanol–water partition coefficient (Wildman–Crippen LogP) is 6.79. The summed E-state index contributed by atoms with van der Waals surface area (Å²) >= 11 is 5.06. The lowest BCUT2D eigenvalue weighted by Crippen LogP contribution is -2.39. The Bertz CT molecular complexity index is 1020. The van der Waals surface area contributed by atoms with Crippen LogP contribution in [0.3, 0.4) is 0 Å². The molecule has 2 unspecified atom stereocenters. The molecule has 1 aromatic heterocycles. The Morgan fingerprint density at radius 1 is 1.22 bits per heavy atom. The first-order chi connectivity index (χ1) is 15.1. The molecule has 2 heterocycles. The van der Waals surface area contributed by atoms with Crippen LogP contribution in [0.5, 0.6) is 0 Å². The molecule has 2 atom stereocenters. The molecule has 0 spiro atoms. The van der Waals surface area contributed by atoms with E-state index in [0.717, 1.165) is 53.8 Å². The van der Waals surface area contributed by atoms with Crippen LogP contribution in [0.25, 0.3) is 0 Å². The fraction of sp³-hybridized carbons (Fsp3) is 0.538. The standard InChI is InChI=1S/C26H33BrN2O2S/c1-16-7-6-12-29(15-16)25(31)22-20-11-10-18(26(2,3)4)14-21(20)32-24(22)28-23(30)17-8-5-9-19(27)13-17/h5,8-9,13,16,18H,6-7,10-12,14-15H2,1-4H3,(H,28,30). The summed E-state index contributed by atoms with van der Waals surface area (Å²) < 4.78 is 0.863. The molecular formula is C26H33BrN2O2S. The van der Waals surface area contributed by atoms with E-state index >= 15 is 0 Å². The molecule has 0 radical (unpaired) electrons. The van der Waals surface area contributed by atoms with Crippen LogP contribution in [0, 0.1) is 17.3 Å². The fourth-order valence-corrected chi connectivity index (χ4v) is 6.69. The van der Waals surface area contributed by atoms with Crippen molar-refractivity contribution in [3.8, 4) is 0 Å². The fourth-order valence-electron chi connectivity index (χ4n) is 4.98. The zero-order valence-corrected chi connectivity index (χ0v) is 21.9. The molecule has 1 aromatic carbocycles. The summed E-state index contributed by atoms with van der Waals surface area (Å²) in [6, 6.07) is 7.37. The van der Waals surface area contributed by atoms with E-state index in [1.165, 1.54) is 16.9 Å². The number of fused-ring (bicyclic) bond motifs is 1. The number of piperidine rings is 1. The van der Waals surface area contributed by atoms with E-state index < -0.39 is 0 Å². The van der Waals surface area contributed by atoms with Gasteiger partial charge in [0, 0.05) is 28.0 Å². The molecule has 2 aliphatic rings. The van der Waals surface area contributed by atoms with Crippen LogP contribution in [0.4, 0.5) is 5.00 Å². The SMILES string of the molecule is CC1CCCN(C(=O)c2c(NC(=O)c3cccc(Br)c3)sc3c2CCC(C(C)(C)C)C3)C1. The lowest BCUT2D eigenvalue weighted by molar-refractivity contribution is 0.0683. The maximum atomic E-state index is 13.7. The number of likely N-dealkylation sites (tertiary alicyclic amines) is 1. The third-order valence-corrected chi connectivity index (χ3v) is 8.63. The number of thiophene rings is 1. The molecule has 1 fully saturated rings. The van der Waals surface area contributed by atoms with Crippen molar-refractivity contribution < 1.29 is 9.59 Å². The minimum absolute atomic E-state index is 0.0906. The number of hydrogen-bond acceptors (Lipinski definition) is 3. The summed E-state index contributed by atoms with van der Waals surface area (Å²) in [5.41, 5.74) is 2.73. The first-order valence-corrected chi connectivity index (χ1v) is 13.2. The van der Waals surface area contributed by atoms with Gasteiger partial charge in [0.15, 0.2) is 0 Å². The van der Waals surface area contributed by atoms with Gasteiger partial charge >= 0.3 is 0 Å². The first-order valence-electron chi connectivity index (χ1n) is 11.6. The highest BCUT2D eigenvalue weighted by Crippen LogP contribution is 2.45. The highest BCUT2D eigenvalue weighted by molar-refractivity contribution is 9.10. The van der Waals surface area contributed by atoms with Gasteiger partial charge in [0.2, 0.25) is 0 Å². The second-order valence-electron chi connectivity index (χ2n) is 10.5. The molecule has 32 heavy (non-hydrogen) atoms. The summed E-state index contributed by atoms with van der Waals surface area (Å²) in [4.78, 5) is 30.1. The van der Waals surface area contributed by atoms with Crippen molar-refractivity contribution in [3.63, 3.8) is 0 Å². The predicted molar refractivity (Wildman–Crippen MR) is 136 cm³/mol. The van der Waals surface area contributed by atoms with Gasteiger partial charge in [0.05, 0.1) is 5.56 Å². The zero-order chi connectivity index (χ0) is 23.0. The topological polar surface area (TPSA) is 49.4 Å². The second kappa shape index (κ2) is 9.30. The normalized spacial score (nSPS) is 21.2. The smallest absolute Gasteiger partial charge is 0.257 e. The Hall–Kier alpha value is -1.66. The van der Waals surface area contributed by atoms with Gasteiger partial charge in [-0.1, -0.05) is 49.7 Å². The van der Waals surface area contributed by atoms with E-state index in [-0.39, 0.29) is 17.2 Å². The number of anilines is 1. The van der Waals surface area contributed by atoms with Gasteiger partial charge in [-0.15, -0.1) is 11.3 Å². The Morgan fingerprint density at radius 2 is 2.00 bits per heavy atom. The number of nitrogens with one attached hydrogen (secondary N) is 1. The number of rotatable bonds is 3. The zero-order valence-electron chi connectivity index (χ0n) is 19.5. The number of carbonyl (C=O) groups excluding carboxylic acids is 2. The summed E-state index contributed by atoms with van der Waals surface area (Å²) in [5.74, 6) is 1.03. The highest BCUT2D eigenvalue weighted by Gasteiger charge is 2.35. The summed E-state index contributed by atoms with van der Waals surface area (Å²) in [5, 5.41) is 3.83. The van der Waals surface area contributed by atoms with Gasteiger partial charge in [0.1, 0.15) is 5.00 Å². The van der Waals surface area contributed by atoms with Crippen LogP contribution in [0.15, 0.2) is 28.7 Å². The number of benzene rings is 1. The molecule has 4 nitrogen and oxygen atoms in total. The second-order valence-corrected chi connectivity index (χ2v) is 12.5. The maximum absolute atomic E-state index is 13.7. The van der Waals surface area contributed by atoms with Crippen molar-refractivity contribution in [1.29, 1.82) is 0 Å². The monoisotopic (exact) mass is 516 g/mol. The van der Waals surface area contributed by atoms with Crippen LogP contribution in [-0.4, -0.2) is 29.8 Å². The van der Waals surface area contributed by atoms with E-state index in [1.54, 1.807) is 17.4 Å². The van der Waals surface area contributed by atoms with Gasteiger partial charge in [-0.25, -0.2) is 0 Å². The van der Waals surface area contributed by atoms with Gasteiger partial charge < -0.3 is 10.2 Å². The van der Waals surface area contributed by atoms with Crippen molar-refractivity contribution in [2.75, 3.05) is 18.4 Å². The van der Waals surface area contributed by atoms with Crippen molar-refractivity contribution in [3.05, 3.63) is 50.3 Å². The van der Waals surface area contributed by atoms with Crippen LogP contribution >= 0.6 is 27.3 Å². The largest absolute Gasteiger partial charge is 0.338 e. The number of carbonyl (C=O) groups is 2. The van der Waals surface area contributed by atoms with Crippen molar-refractivity contribution in [2.45, 2.75) is 59.8 Å². The molecule has 1 saturated heterocycles. The Kier molecular flexibility index (Phi) is 6.83. The molecule has 1 N–H and O–H groups in total. The molecule has 4 rings (SSSR count). The van der Waals surface area contributed by atoms with Crippen molar-refractivity contribution in [1.82, 2.24) is 4.90 Å². The first kappa shape index (κ1) is 23.5. The van der Waals surface area contributed by atoms with Gasteiger partial charge in [-0.05, 0) is 73.1 Å². The molecule has 1 aliphatic carbocycles. The molecule has 1 aliphatic heterocycles. The minimum Gasteiger partial charge on any atom is -0.338 e. The van der Waals surface area contributed by atoms with E-state index in [2.05, 4.69) is 48.9 Å². The molecular weight excluding hydrogens is 484 g/mol. The van der Waals surface area contributed by atoms with E-state index in [1.807, 2.05) is 23.1 Å². The number of nitrogens with zero attached hydrogens (tertiary/aromatic N) is 1. The van der Waals surface area contributed by atoms with Crippen LogP contribution in [0.1, 0.15) is 78.1 Å². The number of amides is 2. The quantitative estimate of drug-likeness (QED) is 0.488.